The summed E-state index contributed by atoms with van der Waals surface area (Å²) >= 11 is 0. The molecule has 0 radical (unpaired) electrons. The van der Waals surface area contributed by atoms with Crippen LogP contribution in [0.1, 0.15) is 41.7 Å². The van der Waals surface area contributed by atoms with Crippen molar-refractivity contribution in [2.24, 2.45) is 5.73 Å². The third-order valence-electron chi connectivity index (χ3n) is 6.06. The van der Waals surface area contributed by atoms with Crippen molar-refractivity contribution in [3.05, 3.63) is 72.3 Å². The zero-order valence-electron chi connectivity index (χ0n) is 19.0. The van der Waals surface area contributed by atoms with Crippen LogP contribution in [0.25, 0.3) is 5.65 Å². The molecule has 35 heavy (non-hydrogen) atoms. The number of amides is 1. The zero-order valence-corrected chi connectivity index (χ0v) is 19.0. The smallest absolute Gasteiger partial charge is 0.276 e. The first kappa shape index (κ1) is 22.3. The Labute approximate surface area is 202 Å². The van der Waals surface area contributed by atoms with Gasteiger partial charge in [0.05, 0.1) is 23.5 Å². The second-order valence-corrected chi connectivity index (χ2v) is 8.58. The second kappa shape index (κ2) is 9.79. The van der Waals surface area contributed by atoms with Crippen LogP contribution in [0, 0.1) is 11.3 Å². The molecule has 5 N–H and O–H groups in total. The summed E-state index contributed by atoms with van der Waals surface area (Å²) in [5.41, 5.74) is 9.54. The molecule has 10 heteroatoms. The van der Waals surface area contributed by atoms with E-state index in [1.54, 1.807) is 41.2 Å². The summed E-state index contributed by atoms with van der Waals surface area (Å²) in [5, 5.41) is 23.5. The fraction of sp³-hybridized carbons (Fsp3) is 0.240. The summed E-state index contributed by atoms with van der Waals surface area (Å²) in [6, 6.07) is 15.1. The molecule has 3 heterocycles. The standard InChI is InChI=1S/C25H25N9O/c26-14-16-1-5-18(6-2-16)30-21-13-23(31-19-7-3-17(27)4-8-19)33-34-22(15-29-24(21)34)25(35)32-20-9-11-28-12-10-20/h1-2,5-6,9-13,15,17,19,30H,3-4,7-8,27H2,(H,31,33)(H,28,32,35)/t17-,19-. The number of benzene rings is 1. The molecule has 0 atom stereocenters. The van der Waals surface area contributed by atoms with E-state index in [1.807, 2.05) is 18.2 Å². The van der Waals surface area contributed by atoms with Gasteiger partial charge in [-0.2, -0.15) is 5.26 Å². The van der Waals surface area contributed by atoms with Crippen molar-refractivity contribution in [1.29, 1.82) is 5.26 Å². The summed E-state index contributed by atoms with van der Waals surface area (Å²) in [6.45, 7) is 0. The van der Waals surface area contributed by atoms with Crippen LogP contribution in [0.3, 0.4) is 0 Å². The molecule has 1 aliphatic rings. The van der Waals surface area contributed by atoms with Crippen LogP contribution in [0.15, 0.2) is 61.1 Å². The molecule has 0 saturated heterocycles. The van der Waals surface area contributed by atoms with Gasteiger partial charge in [-0.1, -0.05) is 0 Å². The number of carbonyl (C=O) groups is 1. The SMILES string of the molecule is N#Cc1ccc(Nc2cc(N[C@H]3CC[C@H](N)CC3)nn3c(C(=O)Nc4ccncc4)cnc23)cc1. The van der Waals surface area contributed by atoms with Crippen LogP contribution in [0.4, 0.5) is 22.9 Å². The average molecular weight is 468 g/mol. The molecule has 1 aromatic carbocycles. The Hall–Kier alpha value is -4.49. The third-order valence-corrected chi connectivity index (χ3v) is 6.06. The molecule has 0 bridgehead atoms. The quantitative estimate of drug-likeness (QED) is 0.336. The number of fused-ring (bicyclic) bond motifs is 1. The fourth-order valence-corrected chi connectivity index (χ4v) is 4.17. The molecular weight excluding hydrogens is 442 g/mol. The number of rotatable bonds is 6. The predicted molar refractivity (Wildman–Crippen MR) is 133 cm³/mol. The number of carbonyl (C=O) groups excluding carboxylic acids is 1. The number of hydrogen-bond acceptors (Lipinski definition) is 8. The van der Waals surface area contributed by atoms with E-state index in [-0.39, 0.29) is 18.0 Å². The van der Waals surface area contributed by atoms with Crippen LogP contribution >= 0.6 is 0 Å². The first-order valence-electron chi connectivity index (χ1n) is 11.5. The minimum Gasteiger partial charge on any atom is -0.366 e. The molecule has 1 aliphatic carbocycles. The van der Waals surface area contributed by atoms with Crippen LogP contribution in [-0.4, -0.2) is 37.6 Å². The normalized spacial score (nSPS) is 17.5. The van der Waals surface area contributed by atoms with E-state index in [1.165, 1.54) is 6.20 Å². The summed E-state index contributed by atoms with van der Waals surface area (Å²) in [4.78, 5) is 21.5. The molecule has 4 aromatic rings. The number of aromatic nitrogens is 4. The number of nitrogens with zero attached hydrogens (tertiary/aromatic N) is 5. The third kappa shape index (κ3) is 5.05. The average Bonchev–Trinajstić information content (AvgIpc) is 3.31. The van der Waals surface area contributed by atoms with E-state index in [2.05, 4.69) is 32.0 Å². The minimum absolute atomic E-state index is 0.245. The molecule has 0 aliphatic heterocycles. The predicted octanol–water partition coefficient (Wildman–Crippen LogP) is 3.67. The van der Waals surface area contributed by atoms with E-state index in [9.17, 15) is 4.79 Å². The summed E-state index contributed by atoms with van der Waals surface area (Å²) in [7, 11) is 0. The van der Waals surface area contributed by atoms with Gasteiger partial charge in [0.1, 0.15) is 5.82 Å². The highest BCUT2D eigenvalue weighted by Gasteiger charge is 2.21. The maximum atomic E-state index is 13.0. The Morgan fingerprint density at radius 1 is 1.06 bits per heavy atom. The van der Waals surface area contributed by atoms with E-state index >= 15 is 0 Å². The summed E-state index contributed by atoms with van der Waals surface area (Å²) < 4.78 is 1.54. The maximum absolute atomic E-state index is 13.0. The van der Waals surface area contributed by atoms with Crippen LogP contribution in [0.2, 0.25) is 0 Å². The van der Waals surface area contributed by atoms with Crippen molar-refractivity contribution in [2.45, 2.75) is 37.8 Å². The minimum atomic E-state index is -0.332. The lowest BCUT2D eigenvalue weighted by Gasteiger charge is -2.27. The number of hydrogen-bond donors (Lipinski definition) is 4. The number of anilines is 4. The Bertz CT molecular complexity index is 1370. The monoisotopic (exact) mass is 467 g/mol. The van der Waals surface area contributed by atoms with E-state index in [0.717, 1.165) is 31.4 Å². The van der Waals surface area contributed by atoms with Gasteiger partial charge in [0.2, 0.25) is 0 Å². The Kier molecular flexibility index (Phi) is 6.24. The molecule has 0 unspecified atom stereocenters. The van der Waals surface area contributed by atoms with Crippen molar-refractivity contribution in [2.75, 3.05) is 16.0 Å². The van der Waals surface area contributed by atoms with Crippen LogP contribution in [-0.2, 0) is 0 Å². The lowest BCUT2D eigenvalue weighted by molar-refractivity contribution is 0.102. The number of nitriles is 1. The van der Waals surface area contributed by atoms with Crippen molar-refractivity contribution in [1.82, 2.24) is 19.6 Å². The van der Waals surface area contributed by atoms with Gasteiger partial charge < -0.3 is 21.7 Å². The Morgan fingerprint density at radius 2 is 1.80 bits per heavy atom. The van der Waals surface area contributed by atoms with Gasteiger partial charge in [-0.05, 0) is 62.1 Å². The number of imidazole rings is 1. The van der Waals surface area contributed by atoms with E-state index < -0.39 is 0 Å². The van der Waals surface area contributed by atoms with Crippen molar-refractivity contribution < 1.29 is 4.79 Å². The molecule has 1 amide bonds. The largest absolute Gasteiger partial charge is 0.366 e. The highest BCUT2D eigenvalue weighted by molar-refractivity contribution is 6.03. The highest BCUT2D eigenvalue weighted by Crippen LogP contribution is 2.27. The molecule has 1 fully saturated rings. The molecule has 5 rings (SSSR count). The molecule has 3 aromatic heterocycles. The molecular formula is C25H25N9O. The maximum Gasteiger partial charge on any atom is 0.276 e. The van der Waals surface area contributed by atoms with Gasteiger partial charge in [-0.15, -0.1) is 5.10 Å². The van der Waals surface area contributed by atoms with E-state index in [0.29, 0.717) is 34.1 Å². The highest BCUT2D eigenvalue weighted by atomic mass is 16.2. The Morgan fingerprint density at radius 3 is 2.51 bits per heavy atom. The molecule has 1 saturated carbocycles. The van der Waals surface area contributed by atoms with Crippen molar-refractivity contribution in [3.63, 3.8) is 0 Å². The lowest BCUT2D eigenvalue weighted by atomic mass is 9.92. The first-order valence-corrected chi connectivity index (χ1v) is 11.5. The summed E-state index contributed by atoms with van der Waals surface area (Å²) in [5.74, 6) is 0.298. The summed E-state index contributed by atoms with van der Waals surface area (Å²) in [6.07, 6.45) is 8.56. The van der Waals surface area contributed by atoms with Gasteiger partial charge in [0.25, 0.3) is 5.91 Å². The van der Waals surface area contributed by atoms with Gasteiger partial charge >= 0.3 is 0 Å². The first-order chi connectivity index (χ1) is 17.1. The number of pyridine rings is 1. The molecule has 176 valence electrons. The fourth-order valence-electron chi connectivity index (χ4n) is 4.17. The van der Waals surface area contributed by atoms with Crippen LogP contribution in [0.5, 0.6) is 0 Å². The second-order valence-electron chi connectivity index (χ2n) is 8.58. The number of nitrogens with one attached hydrogen (secondary N) is 3. The van der Waals surface area contributed by atoms with E-state index in [4.69, 9.17) is 16.1 Å². The lowest BCUT2D eigenvalue weighted by Crippen LogP contribution is -2.33. The topological polar surface area (TPSA) is 146 Å². The van der Waals surface area contributed by atoms with Gasteiger partial charge in [-0.3, -0.25) is 9.78 Å². The van der Waals surface area contributed by atoms with Gasteiger partial charge in [-0.25, -0.2) is 9.50 Å². The molecule has 10 nitrogen and oxygen atoms in total. The van der Waals surface area contributed by atoms with Crippen molar-refractivity contribution in [3.8, 4) is 6.07 Å². The molecule has 0 spiro atoms. The number of nitrogens with two attached hydrogens (primary N) is 1. The Balaban J connectivity index is 1.49. The zero-order chi connectivity index (χ0) is 24.2. The van der Waals surface area contributed by atoms with Gasteiger partial charge in [0.15, 0.2) is 11.3 Å². The van der Waals surface area contributed by atoms with Crippen LogP contribution < -0.4 is 21.7 Å². The van der Waals surface area contributed by atoms with Gasteiger partial charge in [0, 0.05) is 41.9 Å². The van der Waals surface area contributed by atoms with Crippen molar-refractivity contribution >= 4 is 34.4 Å².